The Bertz CT molecular complexity index is 285. The zero-order valence-electron chi connectivity index (χ0n) is 9.25. The van der Waals surface area contributed by atoms with Crippen molar-refractivity contribution in [2.75, 3.05) is 13.1 Å². The molecule has 1 aromatic rings. The lowest BCUT2D eigenvalue weighted by atomic mass is 10.1. The van der Waals surface area contributed by atoms with E-state index in [1.807, 2.05) is 25.3 Å². The Balaban J connectivity index is 2.23. The summed E-state index contributed by atoms with van der Waals surface area (Å²) in [7, 11) is 0. The van der Waals surface area contributed by atoms with Gasteiger partial charge in [-0.1, -0.05) is 13.8 Å². The smallest absolute Gasteiger partial charge is 0.224 e. The molecule has 15 heavy (non-hydrogen) atoms. The molecule has 0 fully saturated rings. The molecule has 1 rings (SSSR count). The van der Waals surface area contributed by atoms with Crippen LogP contribution in [0.5, 0.6) is 0 Å². The van der Waals surface area contributed by atoms with Gasteiger partial charge in [0.2, 0.25) is 5.91 Å². The number of amides is 1. The van der Waals surface area contributed by atoms with E-state index in [1.54, 1.807) is 11.3 Å². The van der Waals surface area contributed by atoms with Gasteiger partial charge in [-0.2, -0.15) is 11.3 Å². The van der Waals surface area contributed by atoms with Gasteiger partial charge in [-0.05, 0) is 28.9 Å². The molecule has 1 atom stereocenters. The minimum Gasteiger partial charge on any atom is -0.352 e. The van der Waals surface area contributed by atoms with Crippen LogP contribution in [0.3, 0.4) is 0 Å². The Kier molecular flexibility index (Phi) is 5.36. The first-order valence-corrected chi connectivity index (χ1v) is 6.17. The third kappa shape index (κ3) is 4.44. The van der Waals surface area contributed by atoms with Gasteiger partial charge in [0.15, 0.2) is 0 Å². The molecule has 1 unspecified atom stereocenters. The number of carbonyl (C=O) groups is 1. The topological polar surface area (TPSA) is 41.1 Å². The molecule has 0 saturated carbocycles. The first kappa shape index (κ1) is 12.2. The van der Waals surface area contributed by atoms with Crippen LogP contribution in [0.15, 0.2) is 16.8 Å². The Morgan fingerprint density at radius 2 is 2.40 bits per heavy atom. The highest BCUT2D eigenvalue weighted by Crippen LogP contribution is 2.05. The second-order valence-corrected chi connectivity index (χ2v) is 4.34. The SMILES string of the molecule is CCNCC(C)C(=O)NCc1ccsc1. The molecule has 3 nitrogen and oxygen atoms in total. The largest absolute Gasteiger partial charge is 0.352 e. The van der Waals surface area contributed by atoms with E-state index < -0.39 is 0 Å². The lowest BCUT2D eigenvalue weighted by Crippen LogP contribution is -2.34. The van der Waals surface area contributed by atoms with Crippen LogP contribution in [0, 0.1) is 5.92 Å². The first-order valence-electron chi connectivity index (χ1n) is 5.23. The molecular formula is C11H18N2OS. The number of thiophene rings is 1. The van der Waals surface area contributed by atoms with E-state index in [-0.39, 0.29) is 11.8 Å². The summed E-state index contributed by atoms with van der Waals surface area (Å²) in [5, 5.41) is 10.2. The second kappa shape index (κ2) is 6.58. The molecule has 2 N–H and O–H groups in total. The summed E-state index contributed by atoms with van der Waals surface area (Å²) in [5.41, 5.74) is 1.17. The zero-order valence-corrected chi connectivity index (χ0v) is 10.1. The molecule has 1 aromatic heterocycles. The van der Waals surface area contributed by atoms with Gasteiger partial charge in [0, 0.05) is 19.0 Å². The zero-order chi connectivity index (χ0) is 11.1. The molecule has 0 saturated heterocycles. The summed E-state index contributed by atoms with van der Waals surface area (Å²) in [6.07, 6.45) is 0. The highest BCUT2D eigenvalue weighted by molar-refractivity contribution is 7.07. The maximum Gasteiger partial charge on any atom is 0.224 e. The minimum absolute atomic E-state index is 0.0311. The Labute approximate surface area is 94.9 Å². The van der Waals surface area contributed by atoms with Gasteiger partial charge in [-0.3, -0.25) is 4.79 Å². The third-order valence-corrected chi connectivity index (χ3v) is 2.93. The Morgan fingerprint density at radius 3 is 3.00 bits per heavy atom. The van der Waals surface area contributed by atoms with Crippen molar-refractivity contribution in [1.29, 1.82) is 0 Å². The van der Waals surface area contributed by atoms with Crippen molar-refractivity contribution in [3.63, 3.8) is 0 Å². The summed E-state index contributed by atoms with van der Waals surface area (Å²) < 4.78 is 0. The predicted octanol–water partition coefficient (Wildman–Crippen LogP) is 1.61. The summed E-state index contributed by atoms with van der Waals surface area (Å²) in [6, 6.07) is 2.03. The molecule has 1 heterocycles. The van der Waals surface area contributed by atoms with Gasteiger partial charge in [0.25, 0.3) is 0 Å². The predicted molar refractivity (Wildman–Crippen MR) is 63.9 cm³/mol. The van der Waals surface area contributed by atoms with Crippen molar-refractivity contribution in [3.8, 4) is 0 Å². The van der Waals surface area contributed by atoms with E-state index in [9.17, 15) is 4.79 Å². The van der Waals surface area contributed by atoms with Gasteiger partial charge in [0.05, 0.1) is 0 Å². The van der Waals surface area contributed by atoms with E-state index in [0.717, 1.165) is 13.1 Å². The molecule has 0 bridgehead atoms. The van der Waals surface area contributed by atoms with Crippen LogP contribution in [-0.2, 0) is 11.3 Å². The molecule has 0 aliphatic heterocycles. The van der Waals surface area contributed by atoms with Crippen LogP contribution < -0.4 is 10.6 Å². The fourth-order valence-electron chi connectivity index (χ4n) is 1.21. The number of hydrogen-bond donors (Lipinski definition) is 2. The molecule has 1 amide bonds. The van der Waals surface area contributed by atoms with Gasteiger partial charge in [0.1, 0.15) is 0 Å². The fourth-order valence-corrected chi connectivity index (χ4v) is 1.88. The molecule has 0 aliphatic carbocycles. The lowest BCUT2D eigenvalue weighted by molar-refractivity contribution is -0.124. The second-order valence-electron chi connectivity index (χ2n) is 3.56. The molecule has 0 aromatic carbocycles. The van der Waals surface area contributed by atoms with Crippen molar-refractivity contribution < 1.29 is 4.79 Å². The van der Waals surface area contributed by atoms with E-state index in [1.165, 1.54) is 5.56 Å². The van der Waals surface area contributed by atoms with E-state index >= 15 is 0 Å². The lowest BCUT2D eigenvalue weighted by Gasteiger charge is -2.11. The maximum absolute atomic E-state index is 11.6. The molecule has 4 heteroatoms. The van der Waals surface area contributed by atoms with Crippen molar-refractivity contribution in [2.24, 2.45) is 5.92 Å². The average molecular weight is 226 g/mol. The summed E-state index contributed by atoms with van der Waals surface area (Å²) in [5.74, 6) is 0.144. The average Bonchev–Trinajstić information content (AvgIpc) is 2.75. The summed E-state index contributed by atoms with van der Waals surface area (Å²) >= 11 is 1.65. The highest BCUT2D eigenvalue weighted by atomic mass is 32.1. The van der Waals surface area contributed by atoms with Crippen molar-refractivity contribution in [2.45, 2.75) is 20.4 Å². The van der Waals surface area contributed by atoms with Crippen LogP contribution in [0.4, 0.5) is 0 Å². The van der Waals surface area contributed by atoms with Gasteiger partial charge in [-0.15, -0.1) is 0 Å². The van der Waals surface area contributed by atoms with Crippen LogP contribution in [0.2, 0.25) is 0 Å². The van der Waals surface area contributed by atoms with E-state index in [4.69, 9.17) is 0 Å². The van der Waals surface area contributed by atoms with Crippen LogP contribution in [0.25, 0.3) is 0 Å². The minimum atomic E-state index is 0.0311. The molecule has 0 aliphatic rings. The van der Waals surface area contributed by atoms with Gasteiger partial charge < -0.3 is 10.6 Å². The van der Waals surface area contributed by atoms with Gasteiger partial charge in [-0.25, -0.2) is 0 Å². The Hall–Kier alpha value is -0.870. The molecule has 0 radical (unpaired) electrons. The first-order chi connectivity index (χ1) is 7.24. The number of nitrogens with one attached hydrogen (secondary N) is 2. The van der Waals surface area contributed by atoms with Crippen molar-refractivity contribution >= 4 is 17.2 Å². The van der Waals surface area contributed by atoms with Gasteiger partial charge >= 0.3 is 0 Å². The van der Waals surface area contributed by atoms with Crippen LogP contribution >= 0.6 is 11.3 Å². The maximum atomic E-state index is 11.6. The monoisotopic (exact) mass is 226 g/mol. The standard InChI is InChI=1S/C11H18N2OS/c1-3-12-6-9(2)11(14)13-7-10-4-5-15-8-10/h4-5,8-9,12H,3,6-7H2,1-2H3,(H,13,14). The number of rotatable bonds is 6. The fraction of sp³-hybridized carbons (Fsp3) is 0.545. The van der Waals surface area contributed by atoms with Crippen LogP contribution in [-0.4, -0.2) is 19.0 Å². The molecule has 84 valence electrons. The van der Waals surface area contributed by atoms with Crippen molar-refractivity contribution in [1.82, 2.24) is 10.6 Å². The third-order valence-electron chi connectivity index (χ3n) is 2.19. The van der Waals surface area contributed by atoms with E-state index in [2.05, 4.69) is 16.0 Å². The number of hydrogen-bond acceptors (Lipinski definition) is 3. The molecule has 0 spiro atoms. The number of carbonyl (C=O) groups excluding carboxylic acids is 1. The highest BCUT2D eigenvalue weighted by Gasteiger charge is 2.11. The molecular weight excluding hydrogens is 208 g/mol. The van der Waals surface area contributed by atoms with E-state index in [0.29, 0.717) is 6.54 Å². The summed E-state index contributed by atoms with van der Waals surface area (Å²) in [4.78, 5) is 11.6. The van der Waals surface area contributed by atoms with Crippen LogP contribution in [0.1, 0.15) is 19.4 Å². The summed E-state index contributed by atoms with van der Waals surface area (Å²) in [6.45, 7) is 6.26. The Morgan fingerprint density at radius 1 is 1.60 bits per heavy atom. The quantitative estimate of drug-likeness (QED) is 0.774. The normalized spacial score (nSPS) is 12.4. The van der Waals surface area contributed by atoms with Crippen molar-refractivity contribution in [3.05, 3.63) is 22.4 Å².